The summed E-state index contributed by atoms with van der Waals surface area (Å²) >= 11 is 0. The zero-order chi connectivity index (χ0) is 13.3. The number of nitrogens with one attached hydrogen (secondary N) is 1. The van der Waals surface area contributed by atoms with Crippen LogP contribution in [-0.4, -0.2) is 26.3 Å². The minimum absolute atomic E-state index is 0.161. The van der Waals surface area contributed by atoms with Crippen LogP contribution < -0.4 is 5.32 Å². The Kier molecular flexibility index (Phi) is 2.96. The van der Waals surface area contributed by atoms with Gasteiger partial charge in [-0.25, -0.2) is 9.67 Å². The maximum atomic E-state index is 9.52. The second-order valence-electron chi connectivity index (χ2n) is 5.52. The summed E-state index contributed by atoms with van der Waals surface area (Å²) in [6.45, 7) is 0. The molecule has 1 aromatic rings. The monoisotopic (exact) mass is 256 g/mol. The third-order valence-corrected chi connectivity index (χ3v) is 3.98. The molecule has 2 aliphatic carbocycles. The van der Waals surface area contributed by atoms with E-state index in [9.17, 15) is 5.26 Å². The highest BCUT2D eigenvalue weighted by Crippen LogP contribution is 2.37. The Labute approximate surface area is 112 Å². The van der Waals surface area contributed by atoms with Gasteiger partial charge < -0.3 is 0 Å². The van der Waals surface area contributed by atoms with Crippen LogP contribution in [0.2, 0.25) is 0 Å². The summed E-state index contributed by atoms with van der Waals surface area (Å²) in [7, 11) is 0. The van der Waals surface area contributed by atoms with E-state index in [0.29, 0.717) is 6.04 Å². The molecule has 0 spiro atoms. The fourth-order valence-corrected chi connectivity index (χ4v) is 2.86. The first-order valence-corrected chi connectivity index (χ1v) is 6.75. The van der Waals surface area contributed by atoms with Crippen LogP contribution >= 0.6 is 0 Å². The molecular formula is C13H16N6. The Balaban J connectivity index is 1.76. The molecule has 6 nitrogen and oxygen atoms in total. The number of hydrogen-bond acceptors (Lipinski definition) is 5. The minimum Gasteiger partial charge on any atom is -0.297 e. The summed E-state index contributed by atoms with van der Waals surface area (Å²) in [6.07, 6.45) is 7.59. The third kappa shape index (κ3) is 2.45. The van der Waals surface area contributed by atoms with E-state index < -0.39 is 5.54 Å². The zero-order valence-electron chi connectivity index (χ0n) is 10.7. The van der Waals surface area contributed by atoms with E-state index in [0.717, 1.165) is 25.7 Å². The van der Waals surface area contributed by atoms with Gasteiger partial charge in [-0.05, 0) is 32.1 Å². The van der Waals surface area contributed by atoms with E-state index in [2.05, 4.69) is 21.5 Å². The fraction of sp³-hybridized carbons (Fsp3) is 0.692. The summed E-state index contributed by atoms with van der Waals surface area (Å²) in [5, 5.41) is 25.9. The van der Waals surface area contributed by atoms with E-state index in [1.54, 1.807) is 11.0 Å². The van der Waals surface area contributed by atoms with Gasteiger partial charge in [-0.1, -0.05) is 0 Å². The predicted octanol–water partition coefficient (Wildman–Crippen LogP) is 1.28. The van der Waals surface area contributed by atoms with Crippen molar-refractivity contribution in [1.29, 1.82) is 10.5 Å². The van der Waals surface area contributed by atoms with Crippen molar-refractivity contribution in [2.24, 2.45) is 0 Å². The molecule has 6 heteroatoms. The fourth-order valence-electron chi connectivity index (χ4n) is 2.86. The van der Waals surface area contributed by atoms with Crippen molar-refractivity contribution in [2.45, 2.75) is 56.1 Å². The number of nitriles is 2. The molecule has 0 amide bonds. The molecule has 0 aromatic carbocycles. The predicted molar refractivity (Wildman–Crippen MR) is 66.7 cm³/mol. The molecule has 3 rings (SSSR count). The Morgan fingerprint density at radius 1 is 1.37 bits per heavy atom. The van der Waals surface area contributed by atoms with Crippen molar-refractivity contribution in [3.05, 3.63) is 12.2 Å². The van der Waals surface area contributed by atoms with Crippen LogP contribution in [0.3, 0.4) is 0 Å². The Bertz CT molecular complexity index is 546. The number of nitrogens with zero attached hydrogens (tertiary/aromatic N) is 5. The van der Waals surface area contributed by atoms with Gasteiger partial charge in [0, 0.05) is 12.5 Å². The lowest BCUT2D eigenvalue weighted by Crippen LogP contribution is -2.49. The van der Waals surface area contributed by atoms with Gasteiger partial charge in [0.15, 0.2) is 0 Å². The molecule has 2 fully saturated rings. The van der Waals surface area contributed by atoms with Crippen molar-refractivity contribution < 1.29 is 0 Å². The minimum atomic E-state index is -0.428. The van der Waals surface area contributed by atoms with Gasteiger partial charge in [0.1, 0.15) is 17.9 Å². The lowest BCUT2D eigenvalue weighted by Gasteiger charge is -2.36. The standard InChI is InChI=1S/C13H16N6/c14-7-12-16-9-19(18-12)11-2-1-5-13(6-11,8-15)17-10-3-4-10/h9-11,17H,1-6H2. The molecule has 0 aliphatic heterocycles. The largest absolute Gasteiger partial charge is 0.297 e. The van der Waals surface area contributed by atoms with E-state index in [4.69, 9.17) is 5.26 Å². The van der Waals surface area contributed by atoms with Gasteiger partial charge in [-0.3, -0.25) is 5.32 Å². The summed E-state index contributed by atoms with van der Waals surface area (Å²) < 4.78 is 1.75. The van der Waals surface area contributed by atoms with E-state index in [1.165, 1.54) is 12.8 Å². The molecule has 2 saturated carbocycles. The highest BCUT2D eigenvalue weighted by molar-refractivity contribution is 5.13. The van der Waals surface area contributed by atoms with Crippen LogP contribution in [0.5, 0.6) is 0 Å². The first kappa shape index (κ1) is 12.1. The Hall–Kier alpha value is -1.92. The number of aromatic nitrogens is 3. The number of rotatable bonds is 3. The average Bonchev–Trinajstić information content (AvgIpc) is 3.11. The van der Waals surface area contributed by atoms with Gasteiger partial charge in [-0.2, -0.15) is 10.5 Å². The Morgan fingerprint density at radius 3 is 2.84 bits per heavy atom. The van der Waals surface area contributed by atoms with Gasteiger partial charge in [-0.15, -0.1) is 5.10 Å². The van der Waals surface area contributed by atoms with Gasteiger partial charge >= 0.3 is 0 Å². The maximum absolute atomic E-state index is 9.52. The lowest BCUT2D eigenvalue weighted by atomic mass is 9.80. The van der Waals surface area contributed by atoms with Crippen molar-refractivity contribution in [2.75, 3.05) is 0 Å². The van der Waals surface area contributed by atoms with Crippen LogP contribution in [0.25, 0.3) is 0 Å². The van der Waals surface area contributed by atoms with Crippen LogP contribution in [0.15, 0.2) is 6.33 Å². The van der Waals surface area contributed by atoms with Crippen molar-refractivity contribution in [3.8, 4) is 12.1 Å². The second kappa shape index (κ2) is 4.64. The quantitative estimate of drug-likeness (QED) is 0.879. The summed E-state index contributed by atoms with van der Waals surface area (Å²) in [4.78, 5) is 3.94. The zero-order valence-corrected chi connectivity index (χ0v) is 10.7. The smallest absolute Gasteiger partial charge is 0.252 e. The van der Waals surface area contributed by atoms with Crippen molar-refractivity contribution >= 4 is 0 Å². The molecule has 0 bridgehead atoms. The van der Waals surface area contributed by atoms with E-state index in [1.807, 2.05) is 6.07 Å². The molecule has 19 heavy (non-hydrogen) atoms. The molecule has 2 aliphatic rings. The van der Waals surface area contributed by atoms with Crippen molar-refractivity contribution in [3.63, 3.8) is 0 Å². The first-order valence-electron chi connectivity index (χ1n) is 6.75. The molecular weight excluding hydrogens is 240 g/mol. The summed E-state index contributed by atoms with van der Waals surface area (Å²) in [5.41, 5.74) is -0.428. The number of hydrogen-bond donors (Lipinski definition) is 1. The SMILES string of the molecule is N#Cc1ncn(C2CCCC(C#N)(NC3CC3)C2)n1. The van der Waals surface area contributed by atoms with E-state index in [-0.39, 0.29) is 11.9 Å². The van der Waals surface area contributed by atoms with Gasteiger partial charge in [0.05, 0.1) is 12.1 Å². The highest BCUT2D eigenvalue weighted by atomic mass is 15.3. The van der Waals surface area contributed by atoms with E-state index >= 15 is 0 Å². The Morgan fingerprint density at radius 2 is 2.21 bits per heavy atom. The summed E-state index contributed by atoms with van der Waals surface area (Å²) in [5.74, 6) is 0.197. The molecule has 2 atom stereocenters. The highest BCUT2D eigenvalue weighted by Gasteiger charge is 2.41. The molecule has 98 valence electrons. The normalized spacial score (nSPS) is 30.5. The summed E-state index contributed by atoms with van der Waals surface area (Å²) in [6, 6.07) is 5.09. The van der Waals surface area contributed by atoms with Crippen LogP contribution in [0, 0.1) is 22.7 Å². The van der Waals surface area contributed by atoms with Gasteiger partial charge in [0.25, 0.3) is 5.82 Å². The molecule has 1 aromatic heterocycles. The molecule has 0 radical (unpaired) electrons. The topological polar surface area (TPSA) is 90.3 Å². The molecule has 0 saturated heterocycles. The molecule has 1 heterocycles. The average molecular weight is 256 g/mol. The maximum Gasteiger partial charge on any atom is 0.252 e. The third-order valence-electron chi connectivity index (χ3n) is 3.98. The van der Waals surface area contributed by atoms with Crippen LogP contribution in [0.1, 0.15) is 50.4 Å². The van der Waals surface area contributed by atoms with Crippen LogP contribution in [-0.2, 0) is 0 Å². The first-order chi connectivity index (χ1) is 9.24. The molecule has 1 N–H and O–H groups in total. The molecule has 2 unspecified atom stereocenters. The van der Waals surface area contributed by atoms with Crippen LogP contribution in [0.4, 0.5) is 0 Å². The lowest BCUT2D eigenvalue weighted by molar-refractivity contribution is 0.218. The van der Waals surface area contributed by atoms with Crippen molar-refractivity contribution in [1.82, 2.24) is 20.1 Å². The second-order valence-corrected chi connectivity index (χ2v) is 5.52. The van der Waals surface area contributed by atoms with Gasteiger partial charge in [0.2, 0.25) is 0 Å².